The third-order valence-corrected chi connectivity index (χ3v) is 5.22. The predicted octanol–water partition coefficient (Wildman–Crippen LogP) is 2.41. The zero-order valence-electron chi connectivity index (χ0n) is 10.3. The second-order valence-corrected chi connectivity index (χ2v) is 6.09. The quantitative estimate of drug-likeness (QED) is 0.738. The molecule has 92 valence electrons. The first-order valence-electron chi connectivity index (χ1n) is 7.28. The Labute approximate surface area is 99.0 Å². The van der Waals surface area contributed by atoms with Crippen LogP contribution in [0.1, 0.15) is 51.4 Å². The van der Waals surface area contributed by atoms with Crippen molar-refractivity contribution in [3.05, 3.63) is 0 Å². The van der Waals surface area contributed by atoms with Crippen molar-refractivity contribution in [2.75, 3.05) is 13.1 Å². The van der Waals surface area contributed by atoms with E-state index in [-0.39, 0.29) is 6.10 Å². The van der Waals surface area contributed by atoms with E-state index < -0.39 is 0 Å². The van der Waals surface area contributed by atoms with E-state index in [9.17, 15) is 5.11 Å². The molecule has 0 radical (unpaired) electrons. The van der Waals surface area contributed by atoms with Gasteiger partial charge in [-0.1, -0.05) is 12.8 Å². The SMILES string of the molecule is O[C@H]1[C@H]2CCC[C@@H]1[C@@H](N1CCCCC1)CC2. The van der Waals surface area contributed by atoms with Crippen molar-refractivity contribution in [2.45, 2.75) is 63.5 Å². The Morgan fingerprint density at radius 3 is 2.44 bits per heavy atom. The molecule has 0 amide bonds. The third-order valence-electron chi connectivity index (χ3n) is 5.22. The first-order chi connectivity index (χ1) is 7.86. The Morgan fingerprint density at radius 1 is 0.812 bits per heavy atom. The summed E-state index contributed by atoms with van der Waals surface area (Å²) in [4.78, 5) is 2.69. The van der Waals surface area contributed by atoms with E-state index in [1.54, 1.807) is 0 Å². The van der Waals surface area contributed by atoms with Gasteiger partial charge in [0.15, 0.2) is 0 Å². The molecular weight excluding hydrogens is 198 g/mol. The highest BCUT2D eigenvalue weighted by Gasteiger charge is 2.42. The van der Waals surface area contributed by atoms with Gasteiger partial charge in [-0.25, -0.2) is 0 Å². The number of fused-ring (bicyclic) bond motifs is 2. The number of hydrogen-bond acceptors (Lipinski definition) is 2. The molecule has 3 rings (SSSR count). The van der Waals surface area contributed by atoms with Crippen LogP contribution in [0.2, 0.25) is 0 Å². The first kappa shape index (κ1) is 11.0. The number of likely N-dealkylation sites (tertiary alicyclic amines) is 1. The summed E-state index contributed by atoms with van der Waals surface area (Å²) >= 11 is 0. The molecule has 0 spiro atoms. The Balaban J connectivity index is 1.69. The number of aliphatic hydroxyl groups is 1. The van der Waals surface area contributed by atoms with E-state index in [0.29, 0.717) is 17.9 Å². The highest BCUT2D eigenvalue weighted by Crippen LogP contribution is 2.42. The Morgan fingerprint density at radius 2 is 1.62 bits per heavy atom. The van der Waals surface area contributed by atoms with Gasteiger partial charge in [0, 0.05) is 12.0 Å². The lowest BCUT2D eigenvalue weighted by Crippen LogP contribution is -2.53. The van der Waals surface area contributed by atoms with E-state index in [0.717, 1.165) is 0 Å². The minimum atomic E-state index is 0.0226. The summed E-state index contributed by atoms with van der Waals surface area (Å²) in [6, 6.07) is 0.715. The van der Waals surface area contributed by atoms with Crippen molar-refractivity contribution in [2.24, 2.45) is 11.8 Å². The molecule has 2 aliphatic carbocycles. The zero-order valence-corrected chi connectivity index (χ0v) is 10.3. The highest BCUT2D eigenvalue weighted by atomic mass is 16.3. The summed E-state index contributed by atoms with van der Waals surface area (Å²) in [6.07, 6.45) is 10.7. The van der Waals surface area contributed by atoms with Crippen LogP contribution in [-0.4, -0.2) is 35.2 Å². The molecule has 0 unspecified atom stereocenters. The van der Waals surface area contributed by atoms with Crippen LogP contribution in [0.5, 0.6) is 0 Å². The summed E-state index contributed by atoms with van der Waals surface area (Å²) in [5.74, 6) is 1.24. The summed E-state index contributed by atoms with van der Waals surface area (Å²) in [5.41, 5.74) is 0. The standard InChI is InChI=1S/C14H25NO/c16-14-11-5-4-6-12(14)13(8-7-11)15-9-2-1-3-10-15/h11-14,16H,1-10H2/t11-,12+,13-,14-/m0/s1. The minimum Gasteiger partial charge on any atom is -0.392 e. The van der Waals surface area contributed by atoms with Gasteiger partial charge in [0.1, 0.15) is 0 Å². The molecule has 16 heavy (non-hydrogen) atoms. The molecule has 0 aromatic carbocycles. The smallest absolute Gasteiger partial charge is 0.0611 e. The fourth-order valence-corrected chi connectivity index (χ4v) is 4.34. The number of nitrogens with zero attached hydrogens (tertiary/aromatic N) is 1. The maximum absolute atomic E-state index is 10.4. The zero-order chi connectivity index (χ0) is 11.0. The van der Waals surface area contributed by atoms with Gasteiger partial charge in [-0.3, -0.25) is 0 Å². The molecule has 2 saturated carbocycles. The van der Waals surface area contributed by atoms with Crippen LogP contribution in [-0.2, 0) is 0 Å². The molecule has 1 saturated heterocycles. The summed E-state index contributed by atoms with van der Waals surface area (Å²) in [5, 5.41) is 10.4. The maximum Gasteiger partial charge on any atom is 0.0611 e. The monoisotopic (exact) mass is 223 g/mol. The summed E-state index contributed by atoms with van der Waals surface area (Å²) in [7, 11) is 0. The van der Waals surface area contributed by atoms with Gasteiger partial charge in [-0.15, -0.1) is 0 Å². The summed E-state index contributed by atoms with van der Waals surface area (Å²) in [6.45, 7) is 2.58. The van der Waals surface area contributed by atoms with Gasteiger partial charge in [0.2, 0.25) is 0 Å². The fourth-order valence-electron chi connectivity index (χ4n) is 4.34. The van der Waals surface area contributed by atoms with Crippen LogP contribution in [0, 0.1) is 11.8 Å². The molecule has 4 atom stereocenters. The van der Waals surface area contributed by atoms with E-state index in [4.69, 9.17) is 0 Å². The number of aliphatic hydroxyl groups excluding tert-OH is 1. The predicted molar refractivity (Wildman–Crippen MR) is 65.3 cm³/mol. The fraction of sp³-hybridized carbons (Fsp3) is 1.00. The Hall–Kier alpha value is -0.0800. The first-order valence-corrected chi connectivity index (χ1v) is 7.28. The van der Waals surface area contributed by atoms with Crippen LogP contribution in [0.25, 0.3) is 0 Å². The minimum absolute atomic E-state index is 0.0226. The maximum atomic E-state index is 10.4. The number of rotatable bonds is 1. The van der Waals surface area contributed by atoms with E-state index in [1.165, 1.54) is 64.5 Å². The third kappa shape index (κ3) is 1.91. The molecule has 1 N–H and O–H groups in total. The molecule has 0 aromatic heterocycles. The number of piperidine rings is 1. The summed E-state index contributed by atoms with van der Waals surface area (Å²) < 4.78 is 0. The van der Waals surface area contributed by atoms with Gasteiger partial charge in [-0.05, 0) is 57.5 Å². The van der Waals surface area contributed by atoms with E-state index in [1.807, 2.05) is 0 Å². The largest absolute Gasteiger partial charge is 0.392 e. The topological polar surface area (TPSA) is 23.5 Å². The van der Waals surface area contributed by atoms with Gasteiger partial charge in [0.05, 0.1) is 6.10 Å². The van der Waals surface area contributed by atoms with E-state index >= 15 is 0 Å². The van der Waals surface area contributed by atoms with Gasteiger partial charge >= 0.3 is 0 Å². The molecule has 1 heterocycles. The van der Waals surface area contributed by atoms with Gasteiger partial charge < -0.3 is 10.0 Å². The van der Waals surface area contributed by atoms with Crippen molar-refractivity contribution in [3.8, 4) is 0 Å². The Kier molecular flexibility index (Phi) is 3.21. The molecule has 0 aromatic rings. The van der Waals surface area contributed by atoms with Crippen LogP contribution < -0.4 is 0 Å². The molecule has 2 bridgehead atoms. The lowest BCUT2D eigenvalue weighted by molar-refractivity contribution is -0.0659. The number of hydrogen-bond donors (Lipinski definition) is 1. The molecule has 3 aliphatic rings. The molecule has 2 nitrogen and oxygen atoms in total. The van der Waals surface area contributed by atoms with Crippen molar-refractivity contribution in [1.29, 1.82) is 0 Å². The van der Waals surface area contributed by atoms with Crippen molar-refractivity contribution in [3.63, 3.8) is 0 Å². The lowest BCUT2D eigenvalue weighted by Gasteiger charge is -2.49. The van der Waals surface area contributed by atoms with Crippen LogP contribution >= 0.6 is 0 Å². The molecular formula is C14H25NO. The normalized spacial score (nSPS) is 45.6. The second-order valence-electron chi connectivity index (χ2n) is 6.09. The highest BCUT2D eigenvalue weighted by molar-refractivity contribution is 4.95. The van der Waals surface area contributed by atoms with Gasteiger partial charge in [0.25, 0.3) is 0 Å². The van der Waals surface area contributed by atoms with Crippen LogP contribution in [0.4, 0.5) is 0 Å². The van der Waals surface area contributed by atoms with Crippen LogP contribution in [0.15, 0.2) is 0 Å². The lowest BCUT2D eigenvalue weighted by atomic mass is 9.67. The average molecular weight is 223 g/mol. The van der Waals surface area contributed by atoms with Crippen LogP contribution in [0.3, 0.4) is 0 Å². The van der Waals surface area contributed by atoms with Crippen molar-refractivity contribution < 1.29 is 5.11 Å². The van der Waals surface area contributed by atoms with Gasteiger partial charge in [-0.2, -0.15) is 0 Å². The molecule has 2 heteroatoms. The van der Waals surface area contributed by atoms with Crippen molar-refractivity contribution >= 4 is 0 Å². The second kappa shape index (κ2) is 4.66. The Bertz CT molecular complexity index is 237. The molecule has 3 fully saturated rings. The molecule has 1 aliphatic heterocycles. The van der Waals surface area contributed by atoms with E-state index in [2.05, 4.69) is 4.90 Å². The van der Waals surface area contributed by atoms with Crippen molar-refractivity contribution in [1.82, 2.24) is 4.90 Å². The average Bonchev–Trinajstić information content (AvgIpc) is 2.30.